The maximum atomic E-state index is 11.3. The van der Waals surface area contributed by atoms with Gasteiger partial charge in [0.05, 0.1) is 39.6 Å². The van der Waals surface area contributed by atoms with Crippen molar-refractivity contribution in [2.24, 2.45) is 11.8 Å². The molecule has 0 saturated carbocycles. The van der Waals surface area contributed by atoms with Crippen LogP contribution in [-0.2, 0) is 23.7 Å². The lowest BCUT2D eigenvalue weighted by molar-refractivity contribution is -0.127. The van der Waals surface area contributed by atoms with Crippen LogP contribution in [0.4, 0.5) is 0 Å². The van der Waals surface area contributed by atoms with E-state index in [4.69, 9.17) is 18.9 Å². The summed E-state index contributed by atoms with van der Waals surface area (Å²) in [5, 5.41) is 0. The normalized spacial score (nSPS) is 11.5. The summed E-state index contributed by atoms with van der Waals surface area (Å²) in [5.41, 5.74) is 0. The van der Waals surface area contributed by atoms with Crippen LogP contribution in [0.15, 0.2) is 0 Å². The molecule has 0 unspecified atom stereocenters. The molecule has 0 amide bonds. The van der Waals surface area contributed by atoms with E-state index in [9.17, 15) is 4.79 Å². The average Bonchev–Trinajstić information content (AvgIpc) is 2.43. The van der Waals surface area contributed by atoms with E-state index in [0.29, 0.717) is 45.6 Å². The quantitative estimate of drug-likeness (QED) is 0.435. The van der Waals surface area contributed by atoms with Crippen molar-refractivity contribution in [1.82, 2.24) is 0 Å². The van der Waals surface area contributed by atoms with Crippen molar-refractivity contribution < 1.29 is 23.7 Å². The van der Waals surface area contributed by atoms with E-state index in [-0.39, 0.29) is 18.3 Å². The molecule has 0 aromatic rings. The van der Waals surface area contributed by atoms with Crippen molar-refractivity contribution in [3.63, 3.8) is 0 Å². The van der Waals surface area contributed by atoms with Crippen molar-refractivity contribution in [2.75, 3.05) is 52.9 Å². The molecule has 0 spiro atoms. The van der Waals surface area contributed by atoms with Gasteiger partial charge in [-0.2, -0.15) is 0 Å². The summed E-state index contributed by atoms with van der Waals surface area (Å²) in [6.07, 6.45) is 1.09. The number of ketones is 1. The number of hydrogen-bond acceptors (Lipinski definition) is 5. The van der Waals surface area contributed by atoms with Gasteiger partial charge in [0.2, 0.25) is 0 Å². The minimum Gasteiger partial charge on any atom is -0.379 e. The zero-order valence-corrected chi connectivity index (χ0v) is 14.1. The number of ether oxygens (including phenoxy) is 4. The maximum absolute atomic E-state index is 11.3. The highest BCUT2D eigenvalue weighted by atomic mass is 16.6. The molecule has 126 valence electrons. The summed E-state index contributed by atoms with van der Waals surface area (Å²) >= 11 is 0. The molecule has 0 aromatic carbocycles. The maximum Gasteiger partial charge on any atom is 0.160 e. The largest absolute Gasteiger partial charge is 0.379 e. The summed E-state index contributed by atoms with van der Waals surface area (Å²) in [6, 6.07) is 0. The number of rotatable bonds is 15. The van der Waals surface area contributed by atoms with Crippen molar-refractivity contribution >= 4 is 5.78 Å². The Kier molecular flexibility index (Phi) is 14.1. The van der Waals surface area contributed by atoms with E-state index < -0.39 is 0 Å². The van der Waals surface area contributed by atoms with Crippen LogP contribution < -0.4 is 0 Å². The molecule has 0 saturated heterocycles. The van der Waals surface area contributed by atoms with Crippen LogP contribution >= 0.6 is 0 Å². The molecule has 0 bridgehead atoms. The SMILES string of the molecule is CC(C)CCOCCOCCOCCOCC(=O)C(C)C. The van der Waals surface area contributed by atoms with Gasteiger partial charge in [0, 0.05) is 12.5 Å². The minimum atomic E-state index is 0.0297. The molecular weight excluding hydrogens is 272 g/mol. The third kappa shape index (κ3) is 15.7. The minimum absolute atomic E-state index is 0.0297. The lowest BCUT2D eigenvalue weighted by atomic mass is 10.1. The second-order valence-electron chi connectivity index (χ2n) is 5.69. The molecule has 0 aromatic heterocycles. The van der Waals surface area contributed by atoms with Gasteiger partial charge in [-0.1, -0.05) is 27.7 Å². The van der Waals surface area contributed by atoms with Crippen LogP contribution in [0.25, 0.3) is 0 Å². The van der Waals surface area contributed by atoms with Gasteiger partial charge in [-0.15, -0.1) is 0 Å². The molecule has 0 fully saturated rings. The van der Waals surface area contributed by atoms with Crippen LogP contribution in [0.3, 0.4) is 0 Å². The molecular formula is C16H32O5. The Hall–Kier alpha value is -0.490. The third-order valence-electron chi connectivity index (χ3n) is 2.84. The second kappa shape index (κ2) is 14.4. The van der Waals surface area contributed by atoms with Crippen LogP contribution in [0, 0.1) is 11.8 Å². The van der Waals surface area contributed by atoms with Gasteiger partial charge in [-0.25, -0.2) is 0 Å². The van der Waals surface area contributed by atoms with Crippen molar-refractivity contribution in [3.05, 3.63) is 0 Å². The van der Waals surface area contributed by atoms with Crippen LogP contribution in [0.5, 0.6) is 0 Å². The van der Waals surface area contributed by atoms with E-state index in [1.807, 2.05) is 13.8 Å². The topological polar surface area (TPSA) is 54.0 Å². The van der Waals surface area contributed by atoms with Crippen LogP contribution in [-0.4, -0.2) is 58.6 Å². The predicted molar refractivity (Wildman–Crippen MR) is 82.6 cm³/mol. The Morgan fingerprint density at radius 2 is 1.14 bits per heavy atom. The van der Waals surface area contributed by atoms with Gasteiger partial charge in [0.25, 0.3) is 0 Å². The molecule has 0 aliphatic carbocycles. The van der Waals surface area contributed by atoms with Gasteiger partial charge >= 0.3 is 0 Å². The fourth-order valence-electron chi connectivity index (χ4n) is 1.32. The van der Waals surface area contributed by atoms with Gasteiger partial charge < -0.3 is 18.9 Å². The Morgan fingerprint density at radius 3 is 1.57 bits per heavy atom. The highest BCUT2D eigenvalue weighted by molar-refractivity contribution is 5.81. The lowest BCUT2D eigenvalue weighted by Crippen LogP contribution is -2.17. The van der Waals surface area contributed by atoms with Crippen molar-refractivity contribution in [1.29, 1.82) is 0 Å². The van der Waals surface area contributed by atoms with E-state index in [1.54, 1.807) is 0 Å². The van der Waals surface area contributed by atoms with E-state index in [0.717, 1.165) is 13.0 Å². The molecule has 0 N–H and O–H groups in total. The molecule has 0 rings (SSSR count). The van der Waals surface area contributed by atoms with Crippen LogP contribution in [0.1, 0.15) is 34.1 Å². The average molecular weight is 304 g/mol. The molecule has 21 heavy (non-hydrogen) atoms. The number of carbonyl (C=O) groups excluding carboxylic acids is 1. The summed E-state index contributed by atoms with van der Waals surface area (Å²) in [6.45, 7) is 12.3. The summed E-state index contributed by atoms with van der Waals surface area (Å²) in [7, 11) is 0. The fraction of sp³-hybridized carbons (Fsp3) is 0.938. The van der Waals surface area contributed by atoms with Crippen LogP contribution in [0.2, 0.25) is 0 Å². The van der Waals surface area contributed by atoms with E-state index in [2.05, 4.69) is 13.8 Å². The van der Waals surface area contributed by atoms with E-state index >= 15 is 0 Å². The molecule has 5 nitrogen and oxygen atoms in total. The summed E-state index contributed by atoms with van der Waals surface area (Å²) in [4.78, 5) is 11.3. The number of Topliss-reactive ketones (excluding diaryl/α,β-unsaturated/α-hetero) is 1. The van der Waals surface area contributed by atoms with Gasteiger partial charge in [0.15, 0.2) is 5.78 Å². The van der Waals surface area contributed by atoms with Gasteiger partial charge in [0.1, 0.15) is 6.61 Å². The smallest absolute Gasteiger partial charge is 0.160 e. The van der Waals surface area contributed by atoms with Gasteiger partial charge in [-0.05, 0) is 12.3 Å². The first kappa shape index (κ1) is 20.5. The van der Waals surface area contributed by atoms with Gasteiger partial charge in [-0.3, -0.25) is 4.79 Å². The Morgan fingerprint density at radius 1 is 0.714 bits per heavy atom. The molecule has 0 aliphatic rings. The van der Waals surface area contributed by atoms with Crippen molar-refractivity contribution in [2.45, 2.75) is 34.1 Å². The first-order valence-corrected chi connectivity index (χ1v) is 7.87. The highest BCUT2D eigenvalue weighted by Crippen LogP contribution is 1.98. The molecule has 0 atom stereocenters. The predicted octanol–water partition coefficient (Wildman–Crippen LogP) is 2.32. The standard InChI is InChI=1S/C16H32O5/c1-14(2)5-6-18-7-8-19-9-10-20-11-12-21-13-16(17)15(3)4/h14-15H,5-13H2,1-4H3. The Balaban J connectivity index is 3.08. The second-order valence-corrected chi connectivity index (χ2v) is 5.69. The number of carbonyl (C=O) groups is 1. The molecule has 0 radical (unpaired) electrons. The fourth-order valence-corrected chi connectivity index (χ4v) is 1.32. The summed E-state index contributed by atoms with van der Waals surface area (Å²) < 4.78 is 21.3. The Bertz CT molecular complexity index is 241. The van der Waals surface area contributed by atoms with Crippen molar-refractivity contribution in [3.8, 4) is 0 Å². The Labute approximate surface area is 129 Å². The summed E-state index contributed by atoms with van der Waals surface area (Å²) in [5.74, 6) is 0.829. The first-order valence-electron chi connectivity index (χ1n) is 7.87. The molecule has 0 heterocycles. The lowest BCUT2D eigenvalue weighted by Gasteiger charge is -2.08. The third-order valence-corrected chi connectivity index (χ3v) is 2.84. The zero-order chi connectivity index (χ0) is 15.9. The monoisotopic (exact) mass is 304 g/mol. The molecule has 5 heteroatoms. The first-order chi connectivity index (χ1) is 10.0. The molecule has 0 aliphatic heterocycles. The zero-order valence-electron chi connectivity index (χ0n) is 14.1. The number of hydrogen-bond donors (Lipinski definition) is 0. The van der Waals surface area contributed by atoms with E-state index in [1.165, 1.54) is 0 Å². The highest BCUT2D eigenvalue weighted by Gasteiger charge is 2.06.